The molecule has 0 atom stereocenters. The zero-order valence-electron chi connectivity index (χ0n) is 29.5. The van der Waals surface area contributed by atoms with Gasteiger partial charge in [-0.1, -0.05) is 153 Å². The third kappa shape index (κ3) is 7.17. The highest BCUT2D eigenvalue weighted by Crippen LogP contribution is 2.40. The standard InChI is InChI=1S/C48H37F5/c1-3-4-5-10-31-16-18-32(19-17-31)35-24-26-37(44(49)29-35)33-20-22-34(23-21-33)45(50)46(51)42-27-28-43(40-14-9-8-13-39(40)42)48(53)47(52)41-25-15-30(2)36-11-6-7-12-38(36)41/h6-9,11-29H,3-5,10H2,1-2H3/b46-45+,48-47+. The largest absolute Gasteiger partial charge is 0.206 e. The smallest absolute Gasteiger partial charge is 0.167 e. The van der Waals surface area contributed by atoms with E-state index in [1.807, 2.05) is 37.3 Å². The van der Waals surface area contributed by atoms with Crippen LogP contribution in [0.2, 0.25) is 0 Å². The molecule has 7 aromatic rings. The van der Waals surface area contributed by atoms with Crippen molar-refractivity contribution in [1.29, 1.82) is 0 Å². The first-order chi connectivity index (χ1) is 25.7. The van der Waals surface area contributed by atoms with Crippen molar-refractivity contribution in [2.24, 2.45) is 0 Å². The molecule has 0 aliphatic carbocycles. The minimum absolute atomic E-state index is 0.0427. The van der Waals surface area contributed by atoms with E-state index < -0.39 is 29.1 Å². The van der Waals surface area contributed by atoms with Crippen LogP contribution in [-0.2, 0) is 6.42 Å². The second-order valence-corrected chi connectivity index (χ2v) is 13.4. The van der Waals surface area contributed by atoms with Crippen molar-refractivity contribution in [2.45, 2.75) is 39.5 Å². The van der Waals surface area contributed by atoms with Crippen molar-refractivity contribution in [3.05, 3.63) is 179 Å². The predicted molar refractivity (Wildman–Crippen MR) is 211 cm³/mol. The fourth-order valence-electron chi connectivity index (χ4n) is 6.97. The topological polar surface area (TPSA) is 0 Å². The van der Waals surface area contributed by atoms with Gasteiger partial charge in [0.1, 0.15) is 5.82 Å². The number of halogens is 5. The Kier molecular flexibility index (Phi) is 10.4. The van der Waals surface area contributed by atoms with Gasteiger partial charge in [0.2, 0.25) is 0 Å². The van der Waals surface area contributed by atoms with Crippen molar-refractivity contribution in [3.63, 3.8) is 0 Å². The van der Waals surface area contributed by atoms with Crippen LogP contribution in [0.5, 0.6) is 0 Å². The van der Waals surface area contributed by atoms with Crippen molar-refractivity contribution in [2.75, 3.05) is 0 Å². The van der Waals surface area contributed by atoms with Gasteiger partial charge in [0.15, 0.2) is 23.3 Å². The summed E-state index contributed by atoms with van der Waals surface area (Å²) in [4.78, 5) is 0. The zero-order valence-corrected chi connectivity index (χ0v) is 29.5. The second kappa shape index (κ2) is 15.4. The average Bonchev–Trinajstić information content (AvgIpc) is 3.20. The zero-order chi connectivity index (χ0) is 37.1. The van der Waals surface area contributed by atoms with E-state index in [2.05, 4.69) is 19.1 Å². The van der Waals surface area contributed by atoms with Crippen LogP contribution >= 0.6 is 0 Å². The molecule has 0 radical (unpaired) electrons. The third-order valence-corrected chi connectivity index (χ3v) is 9.94. The molecule has 0 aromatic heterocycles. The molecule has 0 bridgehead atoms. The highest BCUT2D eigenvalue weighted by molar-refractivity contribution is 6.06. The molecule has 7 rings (SSSR count). The van der Waals surface area contributed by atoms with Crippen LogP contribution < -0.4 is 0 Å². The molecule has 0 fully saturated rings. The molecular weight excluding hydrogens is 672 g/mol. The molecule has 7 aromatic carbocycles. The Labute approximate surface area is 306 Å². The van der Waals surface area contributed by atoms with E-state index in [9.17, 15) is 0 Å². The van der Waals surface area contributed by atoms with E-state index in [1.54, 1.807) is 66.7 Å². The number of hydrogen-bond acceptors (Lipinski definition) is 0. The van der Waals surface area contributed by atoms with Gasteiger partial charge in [0.05, 0.1) is 0 Å². The highest BCUT2D eigenvalue weighted by Gasteiger charge is 2.21. The Morgan fingerprint density at radius 1 is 0.472 bits per heavy atom. The Bertz CT molecular complexity index is 2510. The van der Waals surface area contributed by atoms with Crippen molar-refractivity contribution in [3.8, 4) is 22.3 Å². The summed E-state index contributed by atoms with van der Waals surface area (Å²) in [5, 5.41) is 1.83. The van der Waals surface area contributed by atoms with Crippen LogP contribution in [0.3, 0.4) is 0 Å². The van der Waals surface area contributed by atoms with E-state index in [-0.39, 0.29) is 33.0 Å². The molecule has 0 spiro atoms. The Morgan fingerprint density at radius 3 is 1.53 bits per heavy atom. The SMILES string of the molecule is CCCCCc1ccc(-c2ccc(-c3ccc(/C(F)=C(\F)c4ccc(/C(F)=C(\F)c5ccc(C)c6ccccc56)c5ccccc45)cc3)c(F)c2)cc1. The molecule has 0 aliphatic rings. The second-order valence-electron chi connectivity index (χ2n) is 13.4. The van der Waals surface area contributed by atoms with Gasteiger partial charge in [-0.15, -0.1) is 0 Å². The molecule has 264 valence electrons. The normalized spacial score (nSPS) is 12.6. The van der Waals surface area contributed by atoms with Crippen LogP contribution in [-0.4, -0.2) is 0 Å². The first kappa shape index (κ1) is 35.6. The number of unbranched alkanes of at least 4 members (excludes halogenated alkanes) is 2. The van der Waals surface area contributed by atoms with Crippen LogP contribution in [0, 0.1) is 12.7 Å². The maximum absolute atomic E-state index is 16.0. The molecule has 0 N–H and O–H groups in total. The van der Waals surface area contributed by atoms with Crippen molar-refractivity contribution < 1.29 is 22.0 Å². The van der Waals surface area contributed by atoms with E-state index in [0.717, 1.165) is 34.9 Å². The molecule has 0 saturated heterocycles. The lowest BCUT2D eigenvalue weighted by Gasteiger charge is -2.12. The quantitative estimate of drug-likeness (QED) is 0.0754. The van der Waals surface area contributed by atoms with Gasteiger partial charge in [0, 0.05) is 27.8 Å². The molecule has 0 heterocycles. The van der Waals surface area contributed by atoms with Crippen LogP contribution in [0.15, 0.2) is 140 Å². The summed E-state index contributed by atoms with van der Waals surface area (Å²) in [6.07, 6.45) is 4.52. The third-order valence-electron chi connectivity index (χ3n) is 9.94. The molecule has 0 nitrogen and oxygen atoms in total. The molecule has 0 unspecified atom stereocenters. The van der Waals surface area contributed by atoms with Gasteiger partial charge < -0.3 is 0 Å². The van der Waals surface area contributed by atoms with E-state index in [1.165, 1.54) is 48.7 Å². The highest BCUT2D eigenvalue weighted by atomic mass is 19.2. The maximum Gasteiger partial charge on any atom is 0.167 e. The molecule has 0 saturated carbocycles. The number of rotatable bonds is 10. The van der Waals surface area contributed by atoms with Gasteiger partial charge in [-0.05, 0) is 75.2 Å². The molecule has 5 heteroatoms. The van der Waals surface area contributed by atoms with Gasteiger partial charge in [-0.2, -0.15) is 0 Å². The maximum atomic E-state index is 16.0. The van der Waals surface area contributed by atoms with E-state index >= 15 is 22.0 Å². The number of fused-ring (bicyclic) bond motifs is 2. The summed E-state index contributed by atoms with van der Waals surface area (Å²) < 4.78 is 79.0. The van der Waals surface area contributed by atoms with Crippen molar-refractivity contribution >= 4 is 44.9 Å². The minimum atomic E-state index is -1.15. The first-order valence-electron chi connectivity index (χ1n) is 17.9. The predicted octanol–water partition coefficient (Wildman–Crippen LogP) is 15.0. The first-order valence-corrected chi connectivity index (χ1v) is 17.9. The summed E-state index contributed by atoms with van der Waals surface area (Å²) in [5.74, 6) is -4.85. The fourth-order valence-corrected chi connectivity index (χ4v) is 6.97. The summed E-state index contributed by atoms with van der Waals surface area (Å²) in [7, 11) is 0. The molecular formula is C48H37F5. The minimum Gasteiger partial charge on any atom is -0.206 e. The summed E-state index contributed by atoms with van der Waals surface area (Å²) in [6.45, 7) is 4.08. The average molecular weight is 709 g/mol. The van der Waals surface area contributed by atoms with Crippen molar-refractivity contribution in [1.82, 2.24) is 0 Å². The van der Waals surface area contributed by atoms with Crippen LogP contribution in [0.4, 0.5) is 22.0 Å². The Balaban J connectivity index is 1.16. The molecule has 53 heavy (non-hydrogen) atoms. The fraction of sp³-hybridized carbons (Fsp3) is 0.125. The summed E-state index contributed by atoms with van der Waals surface area (Å²) >= 11 is 0. The lowest BCUT2D eigenvalue weighted by Crippen LogP contribution is -1.93. The van der Waals surface area contributed by atoms with E-state index in [0.29, 0.717) is 16.5 Å². The van der Waals surface area contributed by atoms with Crippen LogP contribution in [0.25, 0.3) is 67.1 Å². The number of benzene rings is 7. The molecule has 0 aliphatic heterocycles. The summed E-state index contributed by atoms with van der Waals surface area (Å²) in [5.41, 5.74) is 4.59. The van der Waals surface area contributed by atoms with E-state index in [4.69, 9.17) is 0 Å². The lowest BCUT2D eigenvalue weighted by molar-refractivity contribution is 0.632. The monoisotopic (exact) mass is 708 g/mol. The summed E-state index contributed by atoms with van der Waals surface area (Å²) in [6, 6.07) is 38.5. The van der Waals surface area contributed by atoms with Gasteiger partial charge in [-0.25, -0.2) is 22.0 Å². The number of aryl methyl sites for hydroxylation is 2. The van der Waals surface area contributed by atoms with Gasteiger partial charge in [0.25, 0.3) is 0 Å². The lowest BCUT2D eigenvalue weighted by atomic mass is 9.94. The van der Waals surface area contributed by atoms with Crippen LogP contribution in [0.1, 0.15) is 59.6 Å². The number of hydrogen-bond donors (Lipinski definition) is 0. The van der Waals surface area contributed by atoms with Gasteiger partial charge in [-0.3, -0.25) is 0 Å². The Hall–Kier alpha value is -5.81. The Morgan fingerprint density at radius 2 is 0.962 bits per heavy atom. The molecule has 0 amide bonds. The van der Waals surface area contributed by atoms with Gasteiger partial charge >= 0.3 is 0 Å².